The number of ether oxygens (including phenoxy) is 5. The molecular formula is C39H52N8O12. The highest BCUT2D eigenvalue weighted by atomic mass is 16.6. The Morgan fingerprint density at radius 3 is 1.66 bits per heavy atom. The smallest absolute Gasteiger partial charge is 0.352 e. The molecule has 0 radical (unpaired) electrons. The van der Waals surface area contributed by atoms with Gasteiger partial charge in [0.05, 0.1) is 58.6 Å². The van der Waals surface area contributed by atoms with Gasteiger partial charge in [0.25, 0.3) is 11.4 Å². The summed E-state index contributed by atoms with van der Waals surface area (Å²) in [5.74, 6) is 0.376. The second kappa shape index (κ2) is 23.5. The molecule has 0 saturated carbocycles. The third-order valence-corrected chi connectivity index (χ3v) is 9.07. The summed E-state index contributed by atoms with van der Waals surface area (Å²) < 4.78 is 31.8. The Morgan fingerprint density at radius 1 is 0.814 bits per heavy atom. The number of aliphatic hydroxyl groups is 1. The van der Waals surface area contributed by atoms with Crippen LogP contribution in [0.1, 0.15) is 70.0 Å². The molecule has 2 aromatic carbocycles. The summed E-state index contributed by atoms with van der Waals surface area (Å²) in [4.78, 5) is 53.4. The first-order valence-corrected chi connectivity index (χ1v) is 18.7. The van der Waals surface area contributed by atoms with E-state index in [4.69, 9.17) is 34.5 Å². The van der Waals surface area contributed by atoms with Crippen molar-refractivity contribution < 1.29 is 38.6 Å². The Morgan fingerprint density at radius 2 is 1.25 bits per heavy atom. The lowest BCUT2D eigenvalue weighted by Crippen LogP contribution is -2.27. The summed E-state index contributed by atoms with van der Waals surface area (Å²) in [7, 11) is 0. The molecule has 6 rings (SSSR count). The van der Waals surface area contributed by atoms with Gasteiger partial charge < -0.3 is 40.7 Å². The average Bonchev–Trinajstić information content (AvgIpc) is 3.83. The Kier molecular flexibility index (Phi) is 18.9. The number of anilines is 1. The fourth-order valence-corrected chi connectivity index (χ4v) is 6.32. The molecule has 6 N–H and O–H groups in total. The number of benzene rings is 2. The monoisotopic (exact) mass is 824 g/mol. The van der Waals surface area contributed by atoms with Gasteiger partial charge in [0.1, 0.15) is 24.9 Å². The molecule has 4 heterocycles. The molecule has 0 spiro atoms. The minimum absolute atomic E-state index is 0. The summed E-state index contributed by atoms with van der Waals surface area (Å²) in [6.07, 6.45) is 4.90. The molecule has 6 unspecified atom stereocenters. The van der Waals surface area contributed by atoms with Crippen LogP contribution in [-0.4, -0.2) is 71.7 Å². The van der Waals surface area contributed by atoms with Crippen molar-refractivity contribution >= 4 is 17.2 Å². The average molecular weight is 825 g/mol. The number of nitro benzene ring substituents is 2. The standard InChI is InChI=1S/C20H23N3O6.C17H20N4O5.C2H6O.H3N/c1-3-11-27-18-9-10-22(20(24)21-18)19-12-17(16(4-2)29-19)28-13-14-7-5-6-8-15(14)23(25)26;1-2-13-14(25-10-11-5-3-4-6-12(11)21(23)24)9-16(26-13)20-8-7-15(18)19-17(20)22;1-2-3;/h3,5-10,16-17,19H,1,4,11-13H2,2H3;3-8,13-14,16H,2,9-10H2,1H3,(H2,18,19,22);3H,2H2,1H3;1H3. The summed E-state index contributed by atoms with van der Waals surface area (Å²) >= 11 is 0. The number of nitrogens with two attached hydrogens (primary N) is 1. The fourth-order valence-electron chi connectivity index (χ4n) is 6.32. The van der Waals surface area contributed by atoms with Crippen LogP contribution in [0.5, 0.6) is 5.88 Å². The zero-order valence-corrected chi connectivity index (χ0v) is 33.2. The predicted molar refractivity (Wildman–Crippen MR) is 216 cm³/mol. The number of aromatic nitrogens is 4. The normalized spacial score (nSPS) is 20.5. The first kappa shape index (κ1) is 47.5. The molecule has 2 aromatic heterocycles. The lowest BCUT2D eigenvalue weighted by molar-refractivity contribution is -0.386. The van der Waals surface area contributed by atoms with Crippen LogP contribution in [0, 0.1) is 20.2 Å². The lowest BCUT2D eigenvalue weighted by Gasteiger charge is -2.17. The largest absolute Gasteiger partial charge is 0.473 e. The Bertz CT molecular complexity index is 2100. The van der Waals surface area contributed by atoms with Gasteiger partial charge in [0.15, 0.2) is 0 Å². The van der Waals surface area contributed by atoms with Gasteiger partial charge in [-0.25, -0.2) is 9.59 Å². The van der Waals surface area contributed by atoms with Gasteiger partial charge in [-0.3, -0.25) is 29.4 Å². The molecular weight excluding hydrogens is 772 g/mol. The molecule has 2 saturated heterocycles. The van der Waals surface area contributed by atoms with E-state index in [1.807, 2.05) is 13.8 Å². The second-order valence-electron chi connectivity index (χ2n) is 12.9. The van der Waals surface area contributed by atoms with Crippen molar-refractivity contribution in [2.75, 3.05) is 18.9 Å². The van der Waals surface area contributed by atoms with Gasteiger partial charge in [-0.1, -0.05) is 50.8 Å². The van der Waals surface area contributed by atoms with Gasteiger partial charge in [0.2, 0.25) is 5.88 Å². The highest BCUT2D eigenvalue weighted by Crippen LogP contribution is 2.34. The number of nitrogen functional groups attached to an aromatic ring is 1. The van der Waals surface area contributed by atoms with E-state index < -0.39 is 33.7 Å². The van der Waals surface area contributed by atoms with Crippen molar-refractivity contribution in [2.24, 2.45) is 0 Å². The van der Waals surface area contributed by atoms with Crippen molar-refractivity contribution in [1.29, 1.82) is 0 Å². The number of rotatable bonds is 15. The number of hydrogen-bond donors (Lipinski definition) is 3. The number of aliphatic hydroxyl groups excluding tert-OH is 1. The van der Waals surface area contributed by atoms with E-state index >= 15 is 0 Å². The summed E-state index contributed by atoms with van der Waals surface area (Å²) in [5, 5.41) is 29.9. The maximum atomic E-state index is 12.3. The van der Waals surface area contributed by atoms with Gasteiger partial charge in [0, 0.05) is 50.0 Å². The summed E-state index contributed by atoms with van der Waals surface area (Å²) in [5.41, 5.74) is 5.59. The van der Waals surface area contributed by atoms with Gasteiger partial charge in [-0.2, -0.15) is 9.97 Å². The van der Waals surface area contributed by atoms with E-state index in [0.717, 1.165) is 0 Å². The zero-order valence-electron chi connectivity index (χ0n) is 33.2. The minimum atomic E-state index is -0.524. The second-order valence-corrected chi connectivity index (χ2v) is 12.9. The van der Waals surface area contributed by atoms with Crippen LogP contribution < -0.4 is 28.0 Å². The summed E-state index contributed by atoms with van der Waals surface area (Å²) in [6, 6.07) is 16.1. The topological polar surface area (TPSA) is 283 Å². The molecule has 59 heavy (non-hydrogen) atoms. The number of para-hydroxylation sites is 2. The van der Waals surface area contributed by atoms with Gasteiger partial charge in [-0.05, 0) is 38.0 Å². The molecule has 0 amide bonds. The van der Waals surface area contributed by atoms with E-state index in [2.05, 4.69) is 16.5 Å². The quantitative estimate of drug-likeness (QED) is 0.0791. The van der Waals surface area contributed by atoms with E-state index in [9.17, 15) is 29.8 Å². The van der Waals surface area contributed by atoms with Crippen molar-refractivity contribution in [3.63, 3.8) is 0 Å². The number of nitrogens with zero attached hydrogens (tertiary/aromatic N) is 6. The van der Waals surface area contributed by atoms with Crippen molar-refractivity contribution in [3.05, 3.63) is 138 Å². The third-order valence-electron chi connectivity index (χ3n) is 9.07. The van der Waals surface area contributed by atoms with E-state index in [0.29, 0.717) is 36.8 Å². The molecule has 320 valence electrons. The number of nitro groups is 2. The van der Waals surface area contributed by atoms with Crippen LogP contribution in [0.4, 0.5) is 17.2 Å². The molecule has 0 aliphatic carbocycles. The Balaban J connectivity index is 0.000000292. The third kappa shape index (κ3) is 13.1. The maximum Gasteiger partial charge on any atom is 0.352 e. The molecule has 4 aromatic rings. The van der Waals surface area contributed by atoms with Crippen LogP contribution in [0.25, 0.3) is 0 Å². The van der Waals surface area contributed by atoms with E-state index in [-0.39, 0.29) is 80.1 Å². The lowest BCUT2D eigenvalue weighted by atomic mass is 10.1. The highest BCUT2D eigenvalue weighted by molar-refractivity contribution is 5.40. The first-order chi connectivity index (χ1) is 27.9. The SMILES string of the molecule is C=CCOc1ccn(C2CC(OCc3ccccc3[N+](=O)[O-])C(CC)O2)c(=O)n1.CCC1OC(n2ccc(N)nc2=O)CC1OCc1ccccc1[N+](=O)[O-].CCO.N. The molecule has 0 bridgehead atoms. The highest BCUT2D eigenvalue weighted by Gasteiger charge is 2.38. The molecule has 6 atom stereocenters. The van der Waals surface area contributed by atoms with Gasteiger partial charge >= 0.3 is 11.4 Å². The molecule has 2 fully saturated rings. The van der Waals surface area contributed by atoms with Crippen LogP contribution in [0.15, 0.2) is 95.3 Å². The first-order valence-electron chi connectivity index (χ1n) is 18.7. The molecule has 2 aliphatic rings. The predicted octanol–water partition coefficient (Wildman–Crippen LogP) is 5.18. The molecule has 20 heteroatoms. The maximum absolute atomic E-state index is 12.3. The summed E-state index contributed by atoms with van der Waals surface area (Å²) in [6.45, 7) is 9.85. The van der Waals surface area contributed by atoms with Crippen LogP contribution in [0.2, 0.25) is 0 Å². The minimum Gasteiger partial charge on any atom is -0.473 e. The van der Waals surface area contributed by atoms with Crippen LogP contribution >= 0.6 is 0 Å². The molecule has 20 nitrogen and oxygen atoms in total. The Hall–Kier alpha value is -5.90. The van der Waals surface area contributed by atoms with Gasteiger partial charge in [-0.15, -0.1) is 0 Å². The molecule has 2 aliphatic heterocycles. The number of hydrogen-bond acceptors (Lipinski definition) is 16. The zero-order chi connectivity index (χ0) is 42.2. The fraction of sp³-hybridized carbons (Fsp3) is 0.436. The Labute approximate surface area is 340 Å². The van der Waals surface area contributed by atoms with Crippen molar-refractivity contribution in [3.8, 4) is 5.88 Å². The van der Waals surface area contributed by atoms with Crippen LogP contribution in [-0.2, 0) is 32.2 Å². The van der Waals surface area contributed by atoms with Crippen LogP contribution in [0.3, 0.4) is 0 Å². The van der Waals surface area contributed by atoms with E-state index in [1.165, 1.54) is 27.3 Å². The van der Waals surface area contributed by atoms with Crippen molar-refractivity contribution in [1.82, 2.24) is 25.3 Å². The van der Waals surface area contributed by atoms with Crippen molar-refractivity contribution in [2.45, 2.75) is 96.5 Å². The van der Waals surface area contributed by atoms with E-state index in [1.54, 1.807) is 67.9 Å².